The van der Waals surface area contributed by atoms with Gasteiger partial charge >= 0.3 is 11.9 Å². The molecule has 4 nitrogen and oxygen atoms in total. The largest absolute Gasteiger partial charge is 0.462 e. The molecule has 0 saturated heterocycles. The van der Waals surface area contributed by atoms with E-state index < -0.39 is 0 Å². The van der Waals surface area contributed by atoms with E-state index in [1.54, 1.807) is 24.3 Å². The second-order valence-corrected chi connectivity index (χ2v) is 5.24. The van der Waals surface area contributed by atoms with E-state index in [0.717, 1.165) is 12.8 Å². The van der Waals surface area contributed by atoms with Gasteiger partial charge in [-0.2, -0.15) is 0 Å². The van der Waals surface area contributed by atoms with Crippen LogP contribution >= 0.6 is 0 Å². The summed E-state index contributed by atoms with van der Waals surface area (Å²) in [6.45, 7) is 0.736. The van der Waals surface area contributed by atoms with Crippen molar-refractivity contribution in [2.45, 2.75) is 12.8 Å². The van der Waals surface area contributed by atoms with Gasteiger partial charge in [0.05, 0.1) is 24.3 Å². The van der Waals surface area contributed by atoms with Crippen LogP contribution in [0.25, 0.3) is 0 Å². The lowest BCUT2D eigenvalue weighted by Crippen LogP contribution is -2.28. The summed E-state index contributed by atoms with van der Waals surface area (Å²) >= 11 is 0. The Hall–Kier alpha value is -2.10. The van der Waals surface area contributed by atoms with Crippen molar-refractivity contribution >= 4 is 11.9 Å². The van der Waals surface area contributed by atoms with Crippen LogP contribution in [0, 0.1) is 11.8 Å². The molecule has 1 aromatic carbocycles. The van der Waals surface area contributed by atoms with E-state index in [0.29, 0.717) is 24.3 Å². The summed E-state index contributed by atoms with van der Waals surface area (Å²) in [5.74, 6) is -0.237. The predicted octanol–water partition coefficient (Wildman–Crippen LogP) is 2.60. The van der Waals surface area contributed by atoms with Crippen molar-refractivity contribution < 1.29 is 19.1 Å². The zero-order valence-corrected chi connectivity index (χ0v) is 11.1. The zero-order chi connectivity index (χ0) is 13.9. The molecule has 0 fully saturated rings. The summed E-state index contributed by atoms with van der Waals surface area (Å²) in [6.07, 6.45) is 5.90. The van der Waals surface area contributed by atoms with Gasteiger partial charge in [-0.15, -0.1) is 0 Å². The fourth-order valence-electron chi connectivity index (χ4n) is 2.61. The first-order valence-electron chi connectivity index (χ1n) is 6.83. The van der Waals surface area contributed by atoms with Crippen molar-refractivity contribution in [3.05, 3.63) is 47.5 Å². The van der Waals surface area contributed by atoms with Gasteiger partial charge in [-0.25, -0.2) is 9.59 Å². The minimum absolute atomic E-state index is 0.216. The van der Waals surface area contributed by atoms with Crippen molar-refractivity contribution in [2.24, 2.45) is 11.8 Å². The highest BCUT2D eigenvalue weighted by molar-refractivity contribution is 5.93. The molecule has 4 rings (SSSR count). The fraction of sp³-hybridized carbons (Fsp3) is 0.375. The van der Waals surface area contributed by atoms with Crippen LogP contribution in [0.4, 0.5) is 0 Å². The third kappa shape index (κ3) is 2.59. The number of fused-ring (bicyclic) bond motifs is 6. The molecule has 2 heterocycles. The lowest BCUT2D eigenvalue weighted by molar-refractivity contribution is 0.0213. The molecule has 0 saturated carbocycles. The molecular weight excluding hydrogens is 256 g/mol. The Morgan fingerprint density at radius 2 is 1.15 bits per heavy atom. The smallest absolute Gasteiger partial charge is 0.338 e. The quantitative estimate of drug-likeness (QED) is 0.538. The first-order chi connectivity index (χ1) is 9.74. The molecule has 0 spiro atoms. The molecule has 3 aliphatic rings. The van der Waals surface area contributed by atoms with Crippen LogP contribution in [0.2, 0.25) is 0 Å². The molecule has 0 radical (unpaired) electrons. The van der Waals surface area contributed by atoms with Crippen LogP contribution in [0.5, 0.6) is 0 Å². The molecule has 2 aliphatic heterocycles. The highest BCUT2D eigenvalue weighted by atomic mass is 16.5. The van der Waals surface area contributed by atoms with Gasteiger partial charge in [-0.05, 0) is 37.1 Å². The third-order valence-electron chi connectivity index (χ3n) is 3.92. The Morgan fingerprint density at radius 1 is 0.750 bits per heavy atom. The van der Waals surface area contributed by atoms with Gasteiger partial charge in [0.2, 0.25) is 0 Å². The minimum Gasteiger partial charge on any atom is -0.462 e. The normalized spacial score (nSPS) is 26.0. The summed E-state index contributed by atoms with van der Waals surface area (Å²) < 4.78 is 10.8. The van der Waals surface area contributed by atoms with Crippen molar-refractivity contribution in [1.82, 2.24) is 0 Å². The number of benzene rings is 1. The maximum atomic E-state index is 11.9. The summed E-state index contributed by atoms with van der Waals surface area (Å²) in [5.41, 5.74) is 0.926. The summed E-state index contributed by atoms with van der Waals surface area (Å²) in [4.78, 5) is 23.9. The van der Waals surface area contributed by atoms with E-state index in [4.69, 9.17) is 9.47 Å². The highest BCUT2D eigenvalue weighted by Crippen LogP contribution is 2.27. The number of esters is 2. The first kappa shape index (κ1) is 12.9. The lowest BCUT2D eigenvalue weighted by Gasteiger charge is -2.28. The van der Waals surface area contributed by atoms with Crippen LogP contribution in [0.3, 0.4) is 0 Å². The van der Waals surface area contributed by atoms with E-state index in [-0.39, 0.29) is 23.8 Å². The highest BCUT2D eigenvalue weighted by Gasteiger charge is 2.26. The number of rotatable bonds is 0. The molecule has 20 heavy (non-hydrogen) atoms. The molecule has 4 heteroatoms. The van der Waals surface area contributed by atoms with E-state index in [1.165, 1.54) is 0 Å². The van der Waals surface area contributed by atoms with Gasteiger partial charge in [0.15, 0.2) is 0 Å². The van der Waals surface area contributed by atoms with Crippen LogP contribution in [0.15, 0.2) is 36.4 Å². The predicted molar refractivity (Wildman–Crippen MR) is 72.4 cm³/mol. The van der Waals surface area contributed by atoms with E-state index in [1.807, 2.05) is 0 Å². The van der Waals surface area contributed by atoms with E-state index in [9.17, 15) is 9.59 Å². The van der Waals surface area contributed by atoms with Gasteiger partial charge in [-0.1, -0.05) is 12.2 Å². The molecule has 0 N–H and O–H groups in total. The molecular formula is C16H16O4. The van der Waals surface area contributed by atoms with Crippen molar-refractivity contribution in [3.63, 3.8) is 0 Å². The third-order valence-corrected chi connectivity index (χ3v) is 3.92. The molecule has 2 bridgehead atoms. The maximum absolute atomic E-state index is 11.9. The number of carbonyl (C=O) groups is 2. The van der Waals surface area contributed by atoms with Crippen molar-refractivity contribution in [1.29, 1.82) is 0 Å². The topological polar surface area (TPSA) is 52.6 Å². The van der Waals surface area contributed by atoms with Gasteiger partial charge < -0.3 is 9.47 Å². The summed E-state index contributed by atoms with van der Waals surface area (Å²) in [5, 5.41) is 0. The number of allylic oxidation sites excluding steroid dienone is 2. The Bertz CT molecular complexity index is 495. The zero-order valence-electron chi connectivity index (χ0n) is 11.1. The Morgan fingerprint density at radius 3 is 1.55 bits per heavy atom. The van der Waals surface area contributed by atoms with Crippen molar-refractivity contribution in [2.75, 3.05) is 13.2 Å². The van der Waals surface area contributed by atoms with Crippen molar-refractivity contribution in [3.8, 4) is 0 Å². The van der Waals surface area contributed by atoms with Gasteiger partial charge in [-0.3, -0.25) is 0 Å². The molecule has 1 aliphatic carbocycles. The fourth-order valence-corrected chi connectivity index (χ4v) is 2.61. The number of carbonyl (C=O) groups excluding carboxylic acids is 2. The minimum atomic E-state index is -0.334. The number of hydrogen-bond donors (Lipinski definition) is 0. The first-order valence-corrected chi connectivity index (χ1v) is 6.83. The molecule has 104 valence electrons. The van der Waals surface area contributed by atoms with Crippen LogP contribution in [-0.4, -0.2) is 25.2 Å². The Kier molecular flexibility index (Phi) is 3.54. The molecule has 2 atom stereocenters. The monoisotopic (exact) mass is 272 g/mol. The van der Waals surface area contributed by atoms with Gasteiger partial charge in [0.1, 0.15) is 0 Å². The second kappa shape index (κ2) is 5.49. The van der Waals surface area contributed by atoms with E-state index in [2.05, 4.69) is 12.2 Å². The Labute approximate surface area is 117 Å². The SMILES string of the molecule is O=C1OCC2CC=CCC2COC(=O)c2ccc1cc2. The average Bonchev–Trinajstić information content (AvgIpc) is 2.50. The summed E-state index contributed by atoms with van der Waals surface area (Å²) in [6, 6.07) is 6.38. The number of hydrogen-bond acceptors (Lipinski definition) is 4. The molecule has 2 unspecified atom stereocenters. The van der Waals surface area contributed by atoms with Crippen LogP contribution < -0.4 is 0 Å². The average molecular weight is 272 g/mol. The molecule has 1 aromatic rings. The standard InChI is InChI=1S/C16H16O4/c17-15-11-5-7-12(8-6-11)16(18)20-10-14-4-2-1-3-13(14)9-19-15/h1-2,5-8,13-14H,3-4,9-10H2. The van der Waals surface area contributed by atoms with Gasteiger partial charge in [0.25, 0.3) is 0 Å². The van der Waals surface area contributed by atoms with Crippen LogP contribution in [0.1, 0.15) is 33.6 Å². The van der Waals surface area contributed by atoms with Crippen LogP contribution in [-0.2, 0) is 9.47 Å². The summed E-state index contributed by atoms with van der Waals surface area (Å²) in [7, 11) is 0. The number of ether oxygens (including phenoxy) is 2. The Balaban J connectivity index is 1.87. The molecule has 0 aromatic heterocycles. The van der Waals surface area contributed by atoms with Gasteiger partial charge in [0, 0.05) is 11.8 Å². The lowest BCUT2D eigenvalue weighted by atomic mass is 9.84. The van der Waals surface area contributed by atoms with E-state index >= 15 is 0 Å². The molecule has 0 amide bonds. The second-order valence-electron chi connectivity index (χ2n) is 5.24. The maximum Gasteiger partial charge on any atom is 0.338 e.